The van der Waals surface area contributed by atoms with Gasteiger partial charge in [0.25, 0.3) is 0 Å². The highest BCUT2D eigenvalue weighted by Crippen LogP contribution is 2.33. The predicted octanol–water partition coefficient (Wildman–Crippen LogP) is 5.54. The number of carboxylic acid groups (broad SMARTS) is 1. The molecule has 3 N–H and O–H groups in total. The van der Waals surface area contributed by atoms with Crippen molar-refractivity contribution in [3.8, 4) is 22.9 Å². The lowest BCUT2D eigenvalue weighted by atomic mass is 10.0. The molecule has 8 rings (SSSR count). The van der Waals surface area contributed by atoms with E-state index in [1.165, 1.54) is 6.08 Å². The van der Waals surface area contributed by atoms with E-state index in [0.29, 0.717) is 57.9 Å². The molecule has 0 aliphatic carbocycles. The summed E-state index contributed by atoms with van der Waals surface area (Å²) in [5.74, 6) is 1.19. The van der Waals surface area contributed by atoms with Crippen molar-refractivity contribution in [3.05, 3.63) is 116 Å². The van der Waals surface area contributed by atoms with Gasteiger partial charge in [0.15, 0.2) is 0 Å². The van der Waals surface area contributed by atoms with E-state index in [9.17, 15) is 24.6 Å². The molecular formula is C48H58N8O8. The number of hydrogen-bond donors (Lipinski definition) is 3. The molecule has 0 spiro atoms. The zero-order chi connectivity index (χ0) is 46.1. The van der Waals surface area contributed by atoms with Gasteiger partial charge in [0, 0.05) is 56.7 Å². The molecule has 4 aromatic heterocycles. The summed E-state index contributed by atoms with van der Waals surface area (Å²) in [4.78, 5) is 62.5. The number of carbonyl (C=O) groups is 1. The van der Waals surface area contributed by atoms with Gasteiger partial charge in [-0.05, 0) is 119 Å². The second-order valence-corrected chi connectivity index (χ2v) is 16.2. The molecule has 6 aromatic rings. The minimum absolute atomic E-state index is 0.0992. The maximum absolute atomic E-state index is 12.8. The lowest BCUT2D eigenvalue weighted by Gasteiger charge is -2.22. The number of allylic oxidation sites excluding steroid dienone is 1. The molecule has 2 aliphatic heterocycles. The maximum atomic E-state index is 12.8. The van der Waals surface area contributed by atoms with E-state index in [0.717, 1.165) is 79.0 Å². The van der Waals surface area contributed by atoms with Crippen molar-refractivity contribution >= 4 is 39.4 Å². The van der Waals surface area contributed by atoms with Crippen molar-refractivity contribution in [1.29, 1.82) is 0 Å². The van der Waals surface area contributed by atoms with E-state index in [4.69, 9.17) is 13.9 Å². The minimum Gasteiger partial charge on any atom is -0.478 e. The van der Waals surface area contributed by atoms with Crippen LogP contribution in [0.25, 0.3) is 44.7 Å². The number of rotatable bonds is 11. The Morgan fingerprint density at radius 3 is 1.47 bits per heavy atom. The Morgan fingerprint density at radius 2 is 1.16 bits per heavy atom. The minimum atomic E-state index is -0.891. The van der Waals surface area contributed by atoms with Crippen LogP contribution in [0.4, 0.5) is 11.6 Å². The summed E-state index contributed by atoms with van der Waals surface area (Å²) in [7, 11) is 8.34. The number of fused-ring (bicyclic) bond motifs is 2. The zero-order valence-electron chi connectivity index (χ0n) is 37.6. The first-order chi connectivity index (χ1) is 30.8. The van der Waals surface area contributed by atoms with Crippen LogP contribution in [0.2, 0.25) is 0 Å². The smallest absolute Gasteiger partial charge is 0.347 e. The summed E-state index contributed by atoms with van der Waals surface area (Å²) < 4.78 is 11.3. The number of aliphatic hydroxyl groups is 2. The van der Waals surface area contributed by atoms with Crippen LogP contribution in [0.3, 0.4) is 0 Å². The van der Waals surface area contributed by atoms with Gasteiger partial charge in [-0.2, -0.15) is 0 Å². The van der Waals surface area contributed by atoms with Crippen LogP contribution in [0.5, 0.6) is 0 Å². The fourth-order valence-corrected chi connectivity index (χ4v) is 8.15. The van der Waals surface area contributed by atoms with Crippen molar-refractivity contribution in [2.24, 2.45) is 0 Å². The van der Waals surface area contributed by atoms with Crippen LogP contribution in [0.15, 0.2) is 91.5 Å². The molecule has 0 unspecified atom stereocenters. The molecule has 2 aromatic carbocycles. The number of carboxylic acids is 1. The predicted molar refractivity (Wildman–Crippen MR) is 249 cm³/mol. The maximum Gasteiger partial charge on any atom is 0.347 e. The first-order valence-electron chi connectivity index (χ1n) is 21.5. The van der Waals surface area contributed by atoms with Crippen molar-refractivity contribution in [1.82, 2.24) is 29.7 Å². The van der Waals surface area contributed by atoms with E-state index >= 15 is 0 Å². The van der Waals surface area contributed by atoms with Crippen LogP contribution >= 0.6 is 0 Å². The van der Waals surface area contributed by atoms with Gasteiger partial charge in [0.1, 0.15) is 11.6 Å². The number of aryl methyl sites for hydroxylation is 2. The first kappa shape index (κ1) is 47.2. The third-order valence-corrected chi connectivity index (χ3v) is 11.6. The Kier molecular flexibility index (Phi) is 15.7. The van der Waals surface area contributed by atoms with Gasteiger partial charge in [-0.25, -0.2) is 34.3 Å². The van der Waals surface area contributed by atoms with Crippen LogP contribution in [-0.4, -0.2) is 117 Å². The van der Waals surface area contributed by atoms with E-state index < -0.39 is 17.2 Å². The van der Waals surface area contributed by atoms with E-state index in [-0.39, 0.29) is 25.0 Å². The summed E-state index contributed by atoms with van der Waals surface area (Å²) in [6.45, 7) is 8.91. The van der Waals surface area contributed by atoms with Crippen molar-refractivity contribution in [2.75, 3.05) is 64.2 Å². The Hall–Kier alpha value is -6.33. The van der Waals surface area contributed by atoms with Gasteiger partial charge < -0.3 is 43.8 Å². The normalized spacial score (nSPS) is 16.2. The molecule has 16 nitrogen and oxygen atoms in total. The van der Waals surface area contributed by atoms with Gasteiger partial charge in [0.05, 0.1) is 46.1 Å². The number of hydrogen-bond acceptors (Lipinski definition) is 15. The molecule has 0 saturated carbocycles. The van der Waals surface area contributed by atoms with E-state index in [1.54, 1.807) is 31.5 Å². The largest absolute Gasteiger partial charge is 0.478 e. The average molecular weight is 875 g/mol. The van der Waals surface area contributed by atoms with E-state index in [2.05, 4.69) is 67.7 Å². The number of benzene rings is 2. The lowest BCUT2D eigenvalue weighted by molar-refractivity contribution is -0.131. The molecule has 16 heteroatoms. The second-order valence-electron chi connectivity index (χ2n) is 16.2. The number of aliphatic hydroxyl groups excluding tert-OH is 2. The SMILES string of the molecule is C/C=C\C(=O)O.CCc1cc(CO)cc2nc(-c3cccnc3N3CC[C@H](N(C)C)C3)oc(=O)c12.CCc1cc(CO)cc2nc(-c3cccnc3N3CC[C@H](N(C)C)C3)oc(=O)c12. The van der Waals surface area contributed by atoms with Crippen molar-refractivity contribution in [3.63, 3.8) is 0 Å². The number of likely N-dealkylation sites (N-methyl/N-ethyl adjacent to an activating group) is 2. The van der Waals surface area contributed by atoms with Gasteiger partial charge in [-0.15, -0.1) is 0 Å². The summed E-state index contributed by atoms with van der Waals surface area (Å²) in [6, 6.07) is 15.5. The summed E-state index contributed by atoms with van der Waals surface area (Å²) >= 11 is 0. The molecule has 2 atom stereocenters. The molecule has 338 valence electrons. The number of aliphatic carboxylic acids is 1. The third-order valence-electron chi connectivity index (χ3n) is 11.6. The summed E-state index contributed by atoms with van der Waals surface area (Å²) in [5.41, 5.74) is 4.82. The molecule has 0 radical (unpaired) electrons. The monoisotopic (exact) mass is 874 g/mol. The van der Waals surface area contributed by atoms with Gasteiger partial charge in [0.2, 0.25) is 11.8 Å². The molecular weight excluding hydrogens is 817 g/mol. The van der Waals surface area contributed by atoms with Crippen molar-refractivity contribution < 1.29 is 28.9 Å². The molecule has 2 saturated heterocycles. The Morgan fingerprint density at radius 1 is 0.734 bits per heavy atom. The van der Waals surface area contributed by atoms with Crippen LogP contribution in [0, 0.1) is 0 Å². The second kappa shape index (κ2) is 21.4. The standard InChI is InChI=1S/2C22H26N4O3.C4H6O2/c2*1-4-15-10-14(13-27)11-18-19(15)22(28)29-21(24-18)17-6-5-8-23-20(17)26-9-7-16(12-26)25(2)3;1-2-3-4(5)6/h2*5-6,8,10-11,16,27H,4,7,9,12-13H2,1-3H3;2-3H,1H3,(H,5,6)/b;;3-2-/t2*16-;/m00./s1. The fourth-order valence-electron chi connectivity index (χ4n) is 8.15. The number of aromatic nitrogens is 4. The first-order valence-corrected chi connectivity index (χ1v) is 21.5. The lowest BCUT2D eigenvalue weighted by Crippen LogP contribution is -2.31. The van der Waals surface area contributed by atoms with E-state index in [1.807, 2.05) is 50.2 Å². The molecule has 2 aliphatic rings. The highest BCUT2D eigenvalue weighted by Gasteiger charge is 2.29. The number of pyridine rings is 2. The topological polar surface area (TPSA) is 203 Å². The fraction of sp³-hybridized carbons (Fsp3) is 0.396. The third kappa shape index (κ3) is 10.7. The molecule has 0 amide bonds. The number of nitrogens with zero attached hydrogens (tertiary/aromatic N) is 8. The molecule has 2 fully saturated rings. The Balaban J connectivity index is 0.000000189. The molecule has 0 bridgehead atoms. The zero-order valence-corrected chi connectivity index (χ0v) is 37.6. The van der Waals surface area contributed by atoms with Crippen LogP contribution in [0.1, 0.15) is 55.9 Å². The highest BCUT2D eigenvalue weighted by molar-refractivity contribution is 5.85. The van der Waals surface area contributed by atoms with Gasteiger partial charge in [-0.1, -0.05) is 32.1 Å². The van der Waals surface area contributed by atoms with Crippen LogP contribution in [-0.2, 0) is 30.8 Å². The Bertz CT molecular complexity index is 2560. The quantitative estimate of drug-likeness (QED) is 0.137. The Labute approximate surface area is 372 Å². The van der Waals surface area contributed by atoms with Crippen LogP contribution < -0.4 is 21.1 Å². The highest BCUT2D eigenvalue weighted by atomic mass is 16.4. The average Bonchev–Trinajstić information content (AvgIpc) is 4.00. The van der Waals surface area contributed by atoms with Crippen molar-refractivity contribution in [2.45, 2.75) is 71.8 Å². The summed E-state index contributed by atoms with van der Waals surface area (Å²) in [6.07, 6.45) is 9.49. The molecule has 64 heavy (non-hydrogen) atoms. The van der Waals surface area contributed by atoms with Gasteiger partial charge in [-0.3, -0.25) is 0 Å². The number of anilines is 2. The molecule has 6 heterocycles. The summed E-state index contributed by atoms with van der Waals surface area (Å²) in [5, 5.41) is 27.9. The van der Waals surface area contributed by atoms with Gasteiger partial charge >= 0.3 is 17.2 Å².